The number of morpholine rings is 1. The first-order valence-corrected chi connectivity index (χ1v) is 9.77. The van der Waals surface area contributed by atoms with Crippen molar-refractivity contribution in [1.82, 2.24) is 19.4 Å². The summed E-state index contributed by atoms with van der Waals surface area (Å²) in [5, 5.41) is 9.03. The molecule has 0 atom stereocenters. The number of ether oxygens (including phenoxy) is 1. The minimum absolute atomic E-state index is 0.261. The normalized spacial score (nSPS) is 14.6. The summed E-state index contributed by atoms with van der Waals surface area (Å²) in [5.74, 6) is 0. The Morgan fingerprint density at radius 2 is 1.73 bits per heavy atom. The second-order valence-electron chi connectivity index (χ2n) is 6.96. The number of anilines is 1. The number of fused-ring (bicyclic) bond motifs is 1. The van der Waals surface area contributed by atoms with Crippen molar-refractivity contribution in [2.24, 2.45) is 5.10 Å². The zero-order valence-corrected chi connectivity index (χ0v) is 16.3. The summed E-state index contributed by atoms with van der Waals surface area (Å²) < 4.78 is 8.27. The van der Waals surface area contributed by atoms with Crippen molar-refractivity contribution in [3.8, 4) is 5.69 Å². The van der Waals surface area contributed by atoms with E-state index in [-0.39, 0.29) is 5.56 Å². The van der Waals surface area contributed by atoms with Crippen LogP contribution in [0.5, 0.6) is 0 Å². The number of nitrogens with zero attached hydrogens (tertiary/aromatic N) is 6. The van der Waals surface area contributed by atoms with Gasteiger partial charge < -0.3 is 9.64 Å². The number of hydrogen-bond acceptors (Lipinski definition) is 6. The highest BCUT2D eigenvalue weighted by Gasteiger charge is 2.12. The molecular weight excluding hydrogens is 380 g/mol. The van der Waals surface area contributed by atoms with E-state index in [1.54, 1.807) is 10.9 Å². The minimum atomic E-state index is -0.261. The van der Waals surface area contributed by atoms with E-state index in [9.17, 15) is 4.79 Å². The average molecular weight is 400 g/mol. The van der Waals surface area contributed by atoms with Gasteiger partial charge in [0.1, 0.15) is 11.7 Å². The molecule has 150 valence electrons. The first-order chi connectivity index (χ1) is 14.8. The maximum atomic E-state index is 12.8. The van der Waals surface area contributed by atoms with E-state index < -0.39 is 0 Å². The number of aromatic nitrogens is 4. The number of rotatable bonds is 4. The van der Waals surface area contributed by atoms with Gasteiger partial charge in [-0.1, -0.05) is 30.3 Å². The van der Waals surface area contributed by atoms with Gasteiger partial charge in [-0.2, -0.15) is 14.9 Å². The third kappa shape index (κ3) is 3.48. The Hall–Kier alpha value is -3.78. The van der Waals surface area contributed by atoms with Gasteiger partial charge in [-0.25, -0.2) is 9.67 Å². The van der Waals surface area contributed by atoms with Crippen LogP contribution in [0, 0.1) is 0 Å². The van der Waals surface area contributed by atoms with Gasteiger partial charge in [0.05, 0.1) is 31.3 Å². The van der Waals surface area contributed by atoms with Crippen LogP contribution in [0.4, 0.5) is 5.69 Å². The molecule has 1 aliphatic heterocycles. The lowest BCUT2D eigenvalue weighted by Crippen LogP contribution is -2.36. The lowest BCUT2D eigenvalue weighted by atomic mass is 10.2. The molecular formula is C22H20N6O2. The summed E-state index contributed by atoms with van der Waals surface area (Å²) in [6, 6.07) is 17.7. The van der Waals surface area contributed by atoms with Crippen LogP contribution in [-0.4, -0.2) is 52.0 Å². The van der Waals surface area contributed by atoms with Crippen molar-refractivity contribution in [1.29, 1.82) is 0 Å². The minimum Gasteiger partial charge on any atom is -0.378 e. The quantitative estimate of drug-likeness (QED) is 0.491. The predicted octanol–water partition coefficient (Wildman–Crippen LogP) is 2.30. The van der Waals surface area contributed by atoms with Crippen molar-refractivity contribution in [2.75, 3.05) is 31.2 Å². The fourth-order valence-electron chi connectivity index (χ4n) is 3.46. The molecule has 1 fully saturated rings. The molecule has 30 heavy (non-hydrogen) atoms. The van der Waals surface area contributed by atoms with E-state index in [0.717, 1.165) is 43.2 Å². The molecule has 0 saturated carbocycles. The molecule has 5 rings (SSSR count). The summed E-state index contributed by atoms with van der Waals surface area (Å²) in [5.41, 5.74) is 3.15. The molecule has 2 aromatic heterocycles. The van der Waals surface area contributed by atoms with Crippen LogP contribution in [0.1, 0.15) is 5.56 Å². The topological polar surface area (TPSA) is 77.5 Å². The second-order valence-corrected chi connectivity index (χ2v) is 6.96. The standard InChI is InChI=1S/C22H20N6O2/c29-22-20-15-25-28(19-4-2-1-3-5-19)21(20)23-16-27(22)24-14-17-6-8-18(9-7-17)26-10-12-30-13-11-26/h1-9,14-16H,10-13H2/b24-14+. The highest BCUT2D eigenvalue weighted by atomic mass is 16.5. The van der Waals surface area contributed by atoms with Crippen molar-refractivity contribution in [2.45, 2.75) is 0 Å². The molecule has 8 heteroatoms. The highest BCUT2D eigenvalue weighted by Crippen LogP contribution is 2.16. The summed E-state index contributed by atoms with van der Waals surface area (Å²) in [7, 11) is 0. The zero-order valence-electron chi connectivity index (χ0n) is 16.3. The van der Waals surface area contributed by atoms with Crippen LogP contribution in [-0.2, 0) is 4.74 Å². The Morgan fingerprint density at radius 3 is 2.50 bits per heavy atom. The van der Waals surface area contributed by atoms with Crippen LogP contribution >= 0.6 is 0 Å². The first kappa shape index (κ1) is 18.3. The van der Waals surface area contributed by atoms with Gasteiger partial charge in [0.25, 0.3) is 5.56 Å². The molecule has 0 N–H and O–H groups in total. The molecule has 1 aliphatic rings. The third-order valence-electron chi connectivity index (χ3n) is 5.07. The fraction of sp³-hybridized carbons (Fsp3) is 0.182. The third-order valence-corrected chi connectivity index (χ3v) is 5.07. The van der Waals surface area contributed by atoms with Crippen molar-refractivity contribution in [3.05, 3.63) is 83.0 Å². The van der Waals surface area contributed by atoms with Gasteiger partial charge in [0.2, 0.25) is 0 Å². The van der Waals surface area contributed by atoms with E-state index >= 15 is 0 Å². The Labute approximate surface area is 172 Å². The van der Waals surface area contributed by atoms with Gasteiger partial charge in [-0.3, -0.25) is 4.79 Å². The SMILES string of the molecule is O=c1c2cnn(-c3ccccc3)c2ncn1/N=C/c1ccc(N2CCOCC2)cc1. The lowest BCUT2D eigenvalue weighted by molar-refractivity contribution is 0.122. The maximum Gasteiger partial charge on any atom is 0.285 e. The Kier molecular flexibility index (Phi) is 4.82. The average Bonchev–Trinajstić information content (AvgIpc) is 3.25. The summed E-state index contributed by atoms with van der Waals surface area (Å²) in [6.07, 6.45) is 4.60. The number of hydrogen-bond donors (Lipinski definition) is 0. The van der Waals surface area contributed by atoms with Crippen LogP contribution in [0.3, 0.4) is 0 Å². The van der Waals surface area contributed by atoms with E-state index in [0.29, 0.717) is 11.0 Å². The summed E-state index contributed by atoms with van der Waals surface area (Å²) in [6.45, 7) is 3.29. The van der Waals surface area contributed by atoms with E-state index in [1.165, 1.54) is 17.2 Å². The molecule has 4 aromatic rings. The van der Waals surface area contributed by atoms with E-state index in [4.69, 9.17) is 4.74 Å². The van der Waals surface area contributed by atoms with Crippen molar-refractivity contribution >= 4 is 22.9 Å². The Morgan fingerprint density at radius 1 is 0.967 bits per heavy atom. The molecule has 0 bridgehead atoms. The smallest absolute Gasteiger partial charge is 0.285 e. The van der Waals surface area contributed by atoms with Crippen LogP contribution in [0.15, 0.2) is 77.0 Å². The summed E-state index contributed by atoms with van der Waals surface area (Å²) >= 11 is 0. The first-order valence-electron chi connectivity index (χ1n) is 9.77. The lowest BCUT2D eigenvalue weighted by Gasteiger charge is -2.28. The van der Waals surface area contributed by atoms with Gasteiger partial charge in [0.15, 0.2) is 5.65 Å². The molecule has 0 amide bonds. The largest absolute Gasteiger partial charge is 0.378 e. The van der Waals surface area contributed by atoms with Gasteiger partial charge >= 0.3 is 0 Å². The number of para-hydroxylation sites is 1. The van der Waals surface area contributed by atoms with Gasteiger partial charge in [-0.15, -0.1) is 0 Å². The maximum absolute atomic E-state index is 12.8. The molecule has 8 nitrogen and oxygen atoms in total. The van der Waals surface area contributed by atoms with Crippen LogP contribution in [0.25, 0.3) is 16.7 Å². The Bertz CT molecular complexity index is 1240. The molecule has 0 aliphatic carbocycles. The molecule has 0 radical (unpaired) electrons. The van der Waals surface area contributed by atoms with Gasteiger partial charge in [0, 0.05) is 18.8 Å². The van der Waals surface area contributed by atoms with Crippen molar-refractivity contribution < 1.29 is 4.74 Å². The molecule has 3 heterocycles. The van der Waals surface area contributed by atoms with Crippen LogP contribution < -0.4 is 10.5 Å². The zero-order chi connectivity index (χ0) is 20.3. The van der Waals surface area contributed by atoms with Crippen molar-refractivity contribution in [3.63, 3.8) is 0 Å². The monoisotopic (exact) mass is 400 g/mol. The predicted molar refractivity (Wildman–Crippen MR) is 116 cm³/mol. The van der Waals surface area contributed by atoms with E-state index in [1.807, 2.05) is 42.5 Å². The number of benzene rings is 2. The molecule has 2 aromatic carbocycles. The molecule has 0 unspecified atom stereocenters. The molecule has 1 saturated heterocycles. The highest BCUT2D eigenvalue weighted by molar-refractivity contribution is 5.80. The fourth-order valence-corrected chi connectivity index (χ4v) is 3.46. The Balaban J connectivity index is 1.39. The summed E-state index contributed by atoms with van der Waals surface area (Å²) in [4.78, 5) is 19.5. The van der Waals surface area contributed by atoms with Gasteiger partial charge in [-0.05, 0) is 29.8 Å². The molecule has 0 spiro atoms. The second kappa shape index (κ2) is 7.92. The van der Waals surface area contributed by atoms with E-state index in [2.05, 4.69) is 32.2 Å². The van der Waals surface area contributed by atoms with Crippen LogP contribution in [0.2, 0.25) is 0 Å².